The first-order valence-corrected chi connectivity index (χ1v) is 10.1. The number of H-pyrrole nitrogens is 1. The second kappa shape index (κ2) is 7.31. The van der Waals surface area contributed by atoms with E-state index in [4.69, 9.17) is 10.00 Å². The number of nitrogens with zero attached hydrogens (tertiary/aromatic N) is 1. The number of rotatable bonds is 5. The van der Waals surface area contributed by atoms with Crippen LogP contribution in [0.1, 0.15) is 42.7 Å². The van der Waals surface area contributed by atoms with Gasteiger partial charge in [0.25, 0.3) is 0 Å². The van der Waals surface area contributed by atoms with Gasteiger partial charge in [-0.3, -0.25) is 0 Å². The molecule has 1 aliphatic heterocycles. The summed E-state index contributed by atoms with van der Waals surface area (Å²) in [7, 11) is 0. The minimum Gasteiger partial charge on any atom is -0.493 e. The molecule has 1 atom stereocenters. The van der Waals surface area contributed by atoms with Crippen LogP contribution in [0, 0.1) is 11.3 Å². The summed E-state index contributed by atoms with van der Waals surface area (Å²) in [6.45, 7) is 3.91. The van der Waals surface area contributed by atoms with Gasteiger partial charge in [-0.25, -0.2) is 0 Å². The molecule has 3 aromatic rings. The van der Waals surface area contributed by atoms with Crippen LogP contribution >= 0.6 is 0 Å². The predicted molar refractivity (Wildman–Crippen MR) is 111 cm³/mol. The lowest BCUT2D eigenvalue weighted by atomic mass is 9.73. The fourth-order valence-corrected chi connectivity index (χ4v) is 4.50. The van der Waals surface area contributed by atoms with E-state index in [2.05, 4.69) is 4.98 Å². The van der Waals surface area contributed by atoms with Gasteiger partial charge < -0.3 is 14.8 Å². The summed E-state index contributed by atoms with van der Waals surface area (Å²) in [5.41, 5.74) is -1.06. The average Bonchev–Trinajstić information content (AvgIpc) is 3.31. The summed E-state index contributed by atoms with van der Waals surface area (Å²) in [5, 5.41) is 20.7. The molecule has 0 radical (unpaired) electrons. The molecule has 4 rings (SSSR count). The minimum atomic E-state index is -4.84. The first-order valence-electron chi connectivity index (χ1n) is 10.1. The summed E-state index contributed by atoms with van der Waals surface area (Å²) in [6.07, 6.45) is -5.25. The van der Waals surface area contributed by atoms with Crippen LogP contribution in [-0.2, 0) is 18.3 Å². The number of nitrogens with one attached hydrogen (secondary N) is 1. The van der Waals surface area contributed by atoms with Crippen LogP contribution in [0.4, 0.5) is 13.2 Å². The van der Waals surface area contributed by atoms with Gasteiger partial charge in [0.15, 0.2) is 5.60 Å². The van der Waals surface area contributed by atoms with Crippen molar-refractivity contribution in [2.24, 2.45) is 0 Å². The normalized spacial score (nSPS) is 15.9. The van der Waals surface area contributed by atoms with Gasteiger partial charge in [0.1, 0.15) is 5.75 Å². The number of alkyl halides is 3. The average molecular weight is 428 g/mol. The van der Waals surface area contributed by atoms with Crippen molar-refractivity contribution >= 4 is 10.9 Å². The number of hydrogen-bond donors (Lipinski definition) is 2. The third-order valence-electron chi connectivity index (χ3n) is 6.00. The maximum Gasteiger partial charge on any atom is 0.417 e. The van der Waals surface area contributed by atoms with E-state index in [-0.39, 0.29) is 5.69 Å². The molecule has 1 unspecified atom stereocenters. The van der Waals surface area contributed by atoms with E-state index < -0.39 is 30.0 Å². The first-order chi connectivity index (χ1) is 14.5. The number of nitriles is 1. The molecule has 1 aliphatic rings. The van der Waals surface area contributed by atoms with Gasteiger partial charge in [0.2, 0.25) is 0 Å². The molecule has 31 heavy (non-hydrogen) atoms. The zero-order valence-corrected chi connectivity index (χ0v) is 17.3. The van der Waals surface area contributed by atoms with Crippen LogP contribution in [0.15, 0.2) is 42.5 Å². The number of para-hydroxylation sites is 1. The van der Waals surface area contributed by atoms with Crippen molar-refractivity contribution in [3.8, 4) is 11.8 Å². The third-order valence-corrected chi connectivity index (χ3v) is 6.00. The van der Waals surface area contributed by atoms with Gasteiger partial charge in [-0.15, -0.1) is 0 Å². The van der Waals surface area contributed by atoms with Crippen LogP contribution in [0.25, 0.3) is 10.9 Å². The Balaban J connectivity index is 1.69. The molecule has 2 heterocycles. The van der Waals surface area contributed by atoms with Crippen molar-refractivity contribution in [3.63, 3.8) is 0 Å². The van der Waals surface area contributed by atoms with Gasteiger partial charge in [0.05, 0.1) is 18.2 Å². The number of aromatic amines is 1. The summed E-state index contributed by atoms with van der Waals surface area (Å²) < 4.78 is 48.1. The highest BCUT2D eigenvalue weighted by Crippen LogP contribution is 2.46. The Kier molecular flexibility index (Phi) is 5.01. The van der Waals surface area contributed by atoms with Crippen LogP contribution in [0.2, 0.25) is 0 Å². The summed E-state index contributed by atoms with van der Waals surface area (Å²) in [5.74, 6) is 0.631. The maximum absolute atomic E-state index is 14.1. The second-order valence-corrected chi connectivity index (χ2v) is 8.87. The van der Waals surface area contributed by atoms with E-state index in [0.29, 0.717) is 34.4 Å². The Morgan fingerprint density at radius 1 is 1.16 bits per heavy atom. The fourth-order valence-electron chi connectivity index (χ4n) is 4.50. The fraction of sp³-hybridized carbons (Fsp3) is 0.375. The topological polar surface area (TPSA) is 69.0 Å². The van der Waals surface area contributed by atoms with Crippen molar-refractivity contribution < 1.29 is 23.0 Å². The van der Waals surface area contributed by atoms with E-state index in [1.165, 1.54) is 0 Å². The maximum atomic E-state index is 14.1. The second-order valence-electron chi connectivity index (χ2n) is 8.87. The number of halogens is 3. The summed E-state index contributed by atoms with van der Waals surface area (Å²) in [4.78, 5) is 2.93. The van der Waals surface area contributed by atoms with E-state index in [9.17, 15) is 18.3 Å². The molecule has 0 aliphatic carbocycles. The molecule has 1 aromatic heterocycles. The number of aromatic nitrogens is 1. The molecule has 0 amide bonds. The van der Waals surface area contributed by atoms with Gasteiger partial charge in [0, 0.05) is 29.6 Å². The number of fused-ring (bicyclic) bond motifs is 2. The number of benzene rings is 2. The van der Waals surface area contributed by atoms with E-state index in [0.717, 1.165) is 12.0 Å². The summed E-state index contributed by atoms with van der Waals surface area (Å²) >= 11 is 0. The van der Waals surface area contributed by atoms with Crippen LogP contribution in [-0.4, -0.2) is 28.5 Å². The Bertz CT molecular complexity index is 1170. The molecule has 2 N–H and O–H groups in total. The zero-order valence-electron chi connectivity index (χ0n) is 17.3. The number of ether oxygens (including phenoxy) is 1. The van der Waals surface area contributed by atoms with Gasteiger partial charge in [-0.2, -0.15) is 18.4 Å². The largest absolute Gasteiger partial charge is 0.493 e. The number of hydrogen-bond acceptors (Lipinski definition) is 3. The predicted octanol–water partition coefficient (Wildman–Crippen LogP) is 5.18. The van der Waals surface area contributed by atoms with Crippen molar-refractivity contribution in [2.75, 3.05) is 6.61 Å². The van der Waals surface area contributed by atoms with E-state index in [1.54, 1.807) is 44.2 Å². The van der Waals surface area contributed by atoms with Crippen molar-refractivity contribution in [2.45, 2.75) is 50.3 Å². The molecule has 0 saturated heterocycles. The molecule has 0 fully saturated rings. The Morgan fingerprint density at radius 2 is 1.94 bits per heavy atom. The van der Waals surface area contributed by atoms with Crippen molar-refractivity contribution in [1.82, 2.24) is 4.98 Å². The molecule has 4 nitrogen and oxygen atoms in total. The number of aliphatic hydroxyl groups is 1. The van der Waals surface area contributed by atoms with E-state index >= 15 is 0 Å². The SMILES string of the molecule is CC(C)(CC(O)(Cc1cc2ccc(C#N)cc2[nH]1)C(F)(F)F)c1cccc2c1OCC2. The van der Waals surface area contributed by atoms with Crippen LogP contribution < -0.4 is 4.74 Å². The highest BCUT2D eigenvalue weighted by Gasteiger charge is 2.56. The molecule has 0 saturated carbocycles. The highest BCUT2D eigenvalue weighted by molar-refractivity contribution is 5.81. The highest BCUT2D eigenvalue weighted by atomic mass is 19.4. The van der Waals surface area contributed by atoms with Crippen LogP contribution in [0.5, 0.6) is 5.75 Å². The molecule has 7 heteroatoms. The lowest BCUT2D eigenvalue weighted by Crippen LogP contribution is -2.51. The van der Waals surface area contributed by atoms with Crippen molar-refractivity contribution in [1.29, 1.82) is 5.26 Å². The smallest absolute Gasteiger partial charge is 0.417 e. The van der Waals surface area contributed by atoms with Gasteiger partial charge in [-0.1, -0.05) is 38.1 Å². The third kappa shape index (κ3) is 3.88. The van der Waals surface area contributed by atoms with Crippen LogP contribution in [0.3, 0.4) is 0 Å². The monoisotopic (exact) mass is 428 g/mol. The van der Waals surface area contributed by atoms with Crippen molar-refractivity contribution in [3.05, 3.63) is 64.8 Å². The molecule has 162 valence electrons. The molecule has 0 spiro atoms. The summed E-state index contributed by atoms with van der Waals surface area (Å²) in [6, 6.07) is 14.0. The zero-order chi connectivity index (χ0) is 22.4. The Labute approximate surface area is 178 Å². The molecule has 0 bridgehead atoms. The molecular weight excluding hydrogens is 405 g/mol. The Morgan fingerprint density at radius 3 is 2.65 bits per heavy atom. The van der Waals surface area contributed by atoms with Gasteiger partial charge >= 0.3 is 6.18 Å². The van der Waals surface area contributed by atoms with E-state index in [1.807, 2.05) is 18.2 Å². The first kappa shape index (κ1) is 21.3. The lowest BCUT2D eigenvalue weighted by molar-refractivity contribution is -0.266. The molecule has 2 aromatic carbocycles. The quantitative estimate of drug-likeness (QED) is 0.589. The minimum absolute atomic E-state index is 0.259. The standard InChI is InChI=1S/C24H23F3N2O2/c1-22(2,19-5-3-4-16-8-9-31-21(16)19)14-23(30,24(25,26)27)12-18-11-17-7-6-15(13-28)10-20(17)29-18/h3-7,10-11,29-30H,8-9,12,14H2,1-2H3. The lowest BCUT2D eigenvalue weighted by Gasteiger charge is -2.38. The molecular formula is C24H23F3N2O2. The Hall–Kier alpha value is -2.98. The van der Waals surface area contributed by atoms with Gasteiger partial charge in [-0.05, 0) is 41.0 Å².